The minimum atomic E-state index is -0.253. The number of halogens is 1. The number of aryl methyl sites for hydroxylation is 1. The van der Waals surface area contributed by atoms with Crippen molar-refractivity contribution in [2.24, 2.45) is 7.05 Å². The smallest absolute Gasteiger partial charge is 0.262 e. The molecule has 1 aromatic heterocycles. The van der Waals surface area contributed by atoms with Crippen LogP contribution in [0.2, 0.25) is 5.02 Å². The molecule has 3 aromatic rings. The topological polar surface area (TPSA) is 77.4 Å². The Hall–Kier alpha value is -3.03. The summed E-state index contributed by atoms with van der Waals surface area (Å²) < 4.78 is 13.4. The summed E-state index contributed by atoms with van der Waals surface area (Å²) in [5, 5.41) is 11.3. The molecule has 1 aliphatic rings. The maximum absolute atomic E-state index is 12.4. The Morgan fingerprint density at radius 1 is 1.22 bits per heavy atom. The van der Waals surface area contributed by atoms with E-state index in [2.05, 4.69) is 15.7 Å². The molecule has 0 bridgehead atoms. The van der Waals surface area contributed by atoms with Gasteiger partial charge < -0.3 is 20.1 Å². The molecule has 1 aliphatic heterocycles. The Labute approximate surface area is 192 Å². The molecule has 0 aliphatic carbocycles. The van der Waals surface area contributed by atoms with Crippen LogP contribution in [-0.2, 0) is 11.8 Å². The number of carbonyl (C=O) groups is 1. The molecule has 1 atom stereocenters. The lowest BCUT2D eigenvalue weighted by molar-refractivity contribution is -0.118. The number of hydrogen-bond donors (Lipinski definition) is 2. The monoisotopic (exact) mass is 454 g/mol. The van der Waals surface area contributed by atoms with E-state index in [1.165, 1.54) is 12.8 Å². The number of nitrogens with zero attached hydrogens (tertiary/aromatic N) is 2. The van der Waals surface area contributed by atoms with Gasteiger partial charge in [0.15, 0.2) is 6.61 Å². The highest BCUT2D eigenvalue weighted by atomic mass is 35.5. The van der Waals surface area contributed by atoms with Gasteiger partial charge in [0, 0.05) is 35.6 Å². The van der Waals surface area contributed by atoms with Crippen molar-refractivity contribution in [2.75, 3.05) is 25.1 Å². The number of aromatic nitrogens is 2. The second kappa shape index (κ2) is 10.5. The van der Waals surface area contributed by atoms with Crippen LogP contribution >= 0.6 is 11.6 Å². The molecule has 4 rings (SSSR count). The van der Waals surface area contributed by atoms with E-state index >= 15 is 0 Å². The van der Waals surface area contributed by atoms with E-state index in [-0.39, 0.29) is 12.5 Å². The fourth-order valence-corrected chi connectivity index (χ4v) is 3.89. The predicted octanol–water partition coefficient (Wildman–Crippen LogP) is 4.28. The van der Waals surface area contributed by atoms with E-state index in [4.69, 9.17) is 21.1 Å². The summed E-state index contributed by atoms with van der Waals surface area (Å²) in [5.41, 5.74) is 2.45. The van der Waals surface area contributed by atoms with Gasteiger partial charge in [0.05, 0.1) is 12.3 Å². The van der Waals surface area contributed by atoms with Crippen LogP contribution in [0.3, 0.4) is 0 Å². The number of nitrogens with one attached hydrogen (secondary N) is 2. The molecule has 1 fully saturated rings. The molecule has 0 spiro atoms. The minimum Gasteiger partial charge on any atom is -0.493 e. The Balaban J connectivity index is 1.42. The van der Waals surface area contributed by atoms with Gasteiger partial charge in [0.1, 0.15) is 11.5 Å². The maximum Gasteiger partial charge on any atom is 0.262 e. The summed E-state index contributed by atoms with van der Waals surface area (Å²) in [7, 11) is 1.88. The van der Waals surface area contributed by atoms with Crippen LogP contribution in [0.25, 0.3) is 11.3 Å². The lowest BCUT2D eigenvalue weighted by atomic mass is 10.1. The molecule has 2 heterocycles. The molecular weight excluding hydrogens is 428 g/mol. The zero-order valence-corrected chi connectivity index (χ0v) is 18.8. The van der Waals surface area contributed by atoms with Gasteiger partial charge in [-0.25, -0.2) is 0 Å². The molecule has 7 nitrogen and oxygen atoms in total. The summed E-state index contributed by atoms with van der Waals surface area (Å²) in [6.07, 6.45) is 5.13. The van der Waals surface area contributed by atoms with Crippen LogP contribution in [0.15, 0.2) is 54.7 Å². The molecule has 1 amide bonds. The van der Waals surface area contributed by atoms with E-state index in [1.54, 1.807) is 35.1 Å². The van der Waals surface area contributed by atoms with Crippen molar-refractivity contribution >= 4 is 23.2 Å². The van der Waals surface area contributed by atoms with E-state index in [1.807, 2.05) is 31.3 Å². The molecule has 168 valence electrons. The summed E-state index contributed by atoms with van der Waals surface area (Å²) in [4.78, 5) is 12.4. The highest BCUT2D eigenvalue weighted by Gasteiger charge is 2.16. The van der Waals surface area contributed by atoms with Gasteiger partial charge in [-0.2, -0.15) is 5.10 Å². The molecular formula is C24H27ClN4O3. The molecule has 32 heavy (non-hydrogen) atoms. The van der Waals surface area contributed by atoms with E-state index < -0.39 is 0 Å². The van der Waals surface area contributed by atoms with Gasteiger partial charge in [-0.15, -0.1) is 0 Å². The Morgan fingerprint density at radius 3 is 2.78 bits per heavy atom. The zero-order chi connectivity index (χ0) is 22.3. The van der Waals surface area contributed by atoms with Crippen molar-refractivity contribution in [1.82, 2.24) is 15.1 Å². The third kappa shape index (κ3) is 5.81. The van der Waals surface area contributed by atoms with Gasteiger partial charge in [0.2, 0.25) is 0 Å². The largest absolute Gasteiger partial charge is 0.493 e. The normalized spacial score (nSPS) is 15.5. The minimum absolute atomic E-state index is 0.102. The number of carbonyl (C=O) groups excluding carboxylic acids is 1. The van der Waals surface area contributed by atoms with Gasteiger partial charge >= 0.3 is 0 Å². The summed E-state index contributed by atoms with van der Waals surface area (Å²) in [6.45, 7) is 1.61. The molecule has 2 N–H and O–H groups in total. The first-order valence-corrected chi connectivity index (χ1v) is 11.1. The first-order chi connectivity index (χ1) is 15.6. The van der Waals surface area contributed by atoms with Crippen molar-refractivity contribution in [2.45, 2.75) is 25.3 Å². The second-order valence-electron chi connectivity index (χ2n) is 7.77. The predicted molar refractivity (Wildman–Crippen MR) is 125 cm³/mol. The average Bonchev–Trinajstić information content (AvgIpc) is 3.46. The Bertz CT molecular complexity index is 1050. The number of rotatable bonds is 9. The van der Waals surface area contributed by atoms with Crippen molar-refractivity contribution in [1.29, 1.82) is 0 Å². The molecule has 1 unspecified atom stereocenters. The van der Waals surface area contributed by atoms with Crippen LogP contribution in [-0.4, -0.2) is 41.5 Å². The summed E-state index contributed by atoms with van der Waals surface area (Å²) >= 11 is 5.87. The number of ether oxygens (including phenoxy) is 2. The number of amides is 1. The van der Waals surface area contributed by atoms with Crippen LogP contribution < -0.4 is 20.1 Å². The van der Waals surface area contributed by atoms with Gasteiger partial charge in [-0.1, -0.05) is 11.6 Å². The van der Waals surface area contributed by atoms with Crippen molar-refractivity contribution in [3.05, 3.63) is 59.8 Å². The molecule has 0 radical (unpaired) electrons. The Morgan fingerprint density at radius 2 is 2.06 bits per heavy atom. The number of benzene rings is 2. The third-order valence-corrected chi connectivity index (χ3v) is 5.68. The van der Waals surface area contributed by atoms with Crippen LogP contribution in [0.5, 0.6) is 11.5 Å². The number of anilines is 1. The van der Waals surface area contributed by atoms with E-state index in [0.717, 1.165) is 30.0 Å². The van der Waals surface area contributed by atoms with Gasteiger partial charge in [-0.05, 0) is 74.3 Å². The molecule has 0 saturated carbocycles. The highest BCUT2D eigenvalue weighted by Crippen LogP contribution is 2.32. The van der Waals surface area contributed by atoms with Crippen molar-refractivity contribution in [3.63, 3.8) is 0 Å². The van der Waals surface area contributed by atoms with E-state index in [0.29, 0.717) is 29.1 Å². The number of hydrogen-bond acceptors (Lipinski definition) is 5. The van der Waals surface area contributed by atoms with Crippen LogP contribution in [0.1, 0.15) is 19.3 Å². The standard InChI is InChI=1S/C24H27ClN4O3/c1-29-22(10-13-27-29)21-15-19(6-9-23(21)31-14-11-18-3-2-12-26-18)28-24(30)16-32-20-7-4-17(25)5-8-20/h4-10,13,15,18,26H,2-3,11-12,14,16H2,1H3,(H,28,30). The highest BCUT2D eigenvalue weighted by molar-refractivity contribution is 6.30. The SMILES string of the molecule is Cn1nccc1-c1cc(NC(=O)COc2ccc(Cl)cc2)ccc1OCCC1CCCN1. The molecule has 2 aromatic carbocycles. The fraction of sp³-hybridized carbons (Fsp3) is 0.333. The van der Waals surface area contributed by atoms with Crippen LogP contribution in [0, 0.1) is 0 Å². The van der Waals surface area contributed by atoms with Crippen LogP contribution in [0.4, 0.5) is 5.69 Å². The lowest BCUT2D eigenvalue weighted by Gasteiger charge is -2.16. The second-order valence-corrected chi connectivity index (χ2v) is 8.21. The summed E-state index contributed by atoms with van der Waals surface area (Å²) in [6, 6.07) is 15.0. The van der Waals surface area contributed by atoms with Crippen molar-refractivity contribution < 1.29 is 14.3 Å². The first-order valence-electron chi connectivity index (χ1n) is 10.8. The zero-order valence-electron chi connectivity index (χ0n) is 18.0. The lowest BCUT2D eigenvalue weighted by Crippen LogP contribution is -2.23. The maximum atomic E-state index is 12.4. The molecule has 1 saturated heterocycles. The first kappa shape index (κ1) is 22.2. The van der Waals surface area contributed by atoms with Crippen molar-refractivity contribution in [3.8, 4) is 22.8 Å². The van der Waals surface area contributed by atoms with Gasteiger partial charge in [0.25, 0.3) is 5.91 Å². The Kier molecular flexibility index (Phi) is 7.29. The average molecular weight is 455 g/mol. The summed E-state index contributed by atoms with van der Waals surface area (Å²) in [5.74, 6) is 1.10. The quantitative estimate of drug-likeness (QED) is 0.504. The fourth-order valence-electron chi connectivity index (χ4n) is 3.76. The third-order valence-electron chi connectivity index (χ3n) is 5.43. The van der Waals surface area contributed by atoms with E-state index in [9.17, 15) is 4.79 Å². The molecule has 8 heteroatoms. The van der Waals surface area contributed by atoms with Gasteiger partial charge in [-0.3, -0.25) is 9.48 Å².